The molecule has 0 amide bonds. The molecule has 1 atom stereocenters. The first-order valence-corrected chi connectivity index (χ1v) is 6.46. The number of piperidine rings is 1. The molecule has 1 aromatic rings. The van der Waals surface area contributed by atoms with Gasteiger partial charge in [-0.25, -0.2) is 0 Å². The highest BCUT2D eigenvalue weighted by atomic mass is 16.1. The van der Waals surface area contributed by atoms with Crippen molar-refractivity contribution in [2.24, 2.45) is 7.05 Å². The molecule has 1 unspecified atom stereocenters. The van der Waals surface area contributed by atoms with Crippen LogP contribution in [0.15, 0.2) is 12.4 Å². The van der Waals surface area contributed by atoms with E-state index in [1.54, 1.807) is 10.9 Å². The topological polar surface area (TPSA) is 46.9 Å². The number of nitrogens with zero attached hydrogens (tertiary/aromatic N) is 2. The zero-order chi connectivity index (χ0) is 12.1. The molecule has 0 saturated carbocycles. The van der Waals surface area contributed by atoms with Crippen LogP contribution in [-0.2, 0) is 18.3 Å². The van der Waals surface area contributed by atoms with Crippen LogP contribution in [0.2, 0.25) is 0 Å². The van der Waals surface area contributed by atoms with E-state index in [-0.39, 0.29) is 0 Å². The second-order valence-corrected chi connectivity index (χ2v) is 4.92. The van der Waals surface area contributed by atoms with Gasteiger partial charge in [0.1, 0.15) is 5.78 Å². The van der Waals surface area contributed by atoms with Gasteiger partial charge in [-0.15, -0.1) is 0 Å². The van der Waals surface area contributed by atoms with Crippen LogP contribution in [0.1, 0.15) is 37.7 Å². The van der Waals surface area contributed by atoms with E-state index >= 15 is 0 Å². The molecule has 1 fully saturated rings. The molecule has 1 saturated heterocycles. The lowest BCUT2D eigenvalue weighted by Crippen LogP contribution is -2.34. The number of ketones is 1. The largest absolute Gasteiger partial charge is 0.314 e. The van der Waals surface area contributed by atoms with Crippen molar-refractivity contribution in [1.29, 1.82) is 0 Å². The number of carbonyl (C=O) groups excluding carboxylic acids is 1. The summed E-state index contributed by atoms with van der Waals surface area (Å²) in [6, 6.07) is 0.557. The average molecular weight is 235 g/mol. The lowest BCUT2D eigenvalue weighted by Gasteiger charge is -2.22. The fraction of sp³-hybridized carbons (Fsp3) is 0.692. The van der Waals surface area contributed by atoms with Gasteiger partial charge in [-0.05, 0) is 31.4 Å². The molecule has 1 aromatic heterocycles. The van der Waals surface area contributed by atoms with Crippen molar-refractivity contribution in [3.8, 4) is 0 Å². The molecular weight excluding hydrogens is 214 g/mol. The molecule has 17 heavy (non-hydrogen) atoms. The molecule has 2 heterocycles. The van der Waals surface area contributed by atoms with Crippen molar-refractivity contribution >= 4 is 5.78 Å². The molecule has 4 nitrogen and oxygen atoms in total. The minimum atomic E-state index is 0.324. The fourth-order valence-corrected chi connectivity index (χ4v) is 2.38. The second-order valence-electron chi connectivity index (χ2n) is 4.92. The maximum absolute atomic E-state index is 11.8. The van der Waals surface area contributed by atoms with E-state index in [4.69, 9.17) is 0 Å². The van der Waals surface area contributed by atoms with Crippen molar-refractivity contribution in [2.45, 2.75) is 44.6 Å². The Morgan fingerprint density at radius 1 is 1.59 bits per heavy atom. The van der Waals surface area contributed by atoms with E-state index < -0.39 is 0 Å². The molecule has 1 aliphatic rings. The maximum atomic E-state index is 11.8. The summed E-state index contributed by atoms with van der Waals surface area (Å²) < 4.78 is 1.74. The normalized spacial score (nSPS) is 20.4. The highest BCUT2D eigenvalue weighted by Gasteiger charge is 2.14. The second kappa shape index (κ2) is 5.96. The molecule has 0 spiro atoms. The van der Waals surface area contributed by atoms with Gasteiger partial charge in [0.2, 0.25) is 0 Å². The van der Waals surface area contributed by atoms with E-state index in [1.807, 2.05) is 13.2 Å². The van der Waals surface area contributed by atoms with Gasteiger partial charge in [0.25, 0.3) is 0 Å². The third kappa shape index (κ3) is 3.97. The zero-order valence-electron chi connectivity index (χ0n) is 10.5. The zero-order valence-corrected chi connectivity index (χ0v) is 10.5. The Hall–Kier alpha value is -1.16. The average Bonchev–Trinajstić information content (AvgIpc) is 2.73. The van der Waals surface area contributed by atoms with Crippen LogP contribution in [-0.4, -0.2) is 28.2 Å². The van der Waals surface area contributed by atoms with Gasteiger partial charge in [-0.1, -0.05) is 6.42 Å². The predicted molar refractivity (Wildman–Crippen MR) is 66.8 cm³/mol. The summed E-state index contributed by atoms with van der Waals surface area (Å²) in [6.45, 7) is 1.11. The van der Waals surface area contributed by atoms with Crippen molar-refractivity contribution in [3.05, 3.63) is 18.0 Å². The Morgan fingerprint density at radius 2 is 2.47 bits per heavy atom. The summed E-state index contributed by atoms with van der Waals surface area (Å²) >= 11 is 0. The van der Waals surface area contributed by atoms with Crippen molar-refractivity contribution in [2.75, 3.05) is 6.54 Å². The van der Waals surface area contributed by atoms with Gasteiger partial charge in [-0.2, -0.15) is 5.10 Å². The van der Waals surface area contributed by atoms with Crippen LogP contribution >= 0.6 is 0 Å². The number of Topliss-reactive ketones (excluding diaryl/α,β-unsaturated/α-hetero) is 1. The summed E-state index contributed by atoms with van der Waals surface area (Å²) in [7, 11) is 1.87. The third-order valence-electron chi connectivity index (χ3n) is 3.34. The molecule has 4 heteroatoms. The quantitative estimate of drug-likeness (QED) is 0.840. The van der Waals surface area contributed by atoms with E-state index in [0.717, 1.165) is 18.5 Å². The Balaban J connectivity index is 1.70. The fourth-order valence-electron chi connectivity index (χ4n) is 2.38. The lowest BCUT2D eigenvalue weighted by atomic mass is 9.98. The van der Waals surface area contributed by atoms with E-state index in [0.29, 0.717) is 24.7 Å². The Bertz CT molecular complexity index is 366. The predicted octanol–water partition coefficient (Wildman–Crippen LogP) is 1.45. The van der Waals surface area contributed by atoms with Gasteiger partial charge >= 0.3 is 0 Å². The Labute approximate surface area is 102 Å². The molecular formula is C13H21N3O. The third-order valence-corrected chi connectivity index (χ3v) is 3.34. The highest BCUT2D eigenvalue weighted by Crippen LogP contribution is 2.12. The summed E-state index contributed by atoms with van der Waals surface area (Å²) in [4.78, 5) is 11.8. The standard InChI is InChI=1S/C13H21N3O/c1-16-10-11(9-15-16)8-13(17)6-5-12-4-2-3-7-14-12/h9-10,12,14H,2-8H2,1H3. The first-order chi connectivity index (χ1) is 8.24. The number of hydrogen-bond acceptors (Lipinski definition) is 3. The number of rotatable bonds is 5. The van der Waals surface area contributed by atoms with Crippen LogP contribution in [0.4, 0.5) is 0 Å². The van der Waals surface area contributed by atoms with E-state index in [2.05, 4.69) is 10.4 Å². The van der Waals surface area contributed by atoms with Gasteiger partial charge in [-0.3, -0.25) is 9.48 Å². The van der Waals surface area contributed by atoms with Crippen molar-refractivity contribution < 1.29 is 4.79 Å². The number of aryl methyl sites for hydroxylation is 1. The summed E-state index contributed by atoms with van der Waals surface area (Å²) in [6.07, 6.45) is 9.69. The van der Waals surface area contributed by atoms with Gasteiger partial charge in [0, 0.05) is 32.1 Å². The number of carbonyl (C=O) groups is 1. The molecule has 0 aliphatic carbocycles. The highest BCUT2D eigenvalue weighted by molar-refractivity contribution is 5.80. The van der Waals surface area contributed by atoms with E-state index in [1.165, 1.54) is 19.3 Å². The van der Waals surface area contributed by atoms with Crippen molar-refractivity contribution in [3.63, 3.8) is 0 Å². The van der Waals surface area contributed by atoms with Crippen LogP contribution in [0.25, 0.3) is 0 Å². The van der Waals surface area contributed by atoms with Gasteiger partial charge in [0.15, 0.2) is 0 Å². The molecule has 1 N–H and O–H groups in total. The minimum absolute atomic E-state index is 0.324. The summed E-state index contributed by atoms with van der Waals surface area (Å²) in [5, 5.41) is 7.55. The smallest absolute Gasteiger partial charge is 0.137 e. The Morgan fingerprint density at radius 3 is 3.12 bits per heavy atom. The Kier molecular flexibility index (Phi) is 4.31. The molecule has 0 aromatic carbocycles. The minimum Gasteiger partial charge on any atom is -0.314 e. The lowest BCUT2D eigenvalue weighted by molar-refractivity contribution is -0.118. The van der Waals surface area contributed by atoms with Gasteiger partial charge in [0.05, 0.1) is 6.20 Å². The van der Waals surface area contributed by atoms with Crippen LogP contribution in [0.3, 0.4) is 0 Å². The number of aromatic nitrogens is 2. The summed E-state index contributed by atoms with van der Waals surface area (Å²) in [5.74, 6) is 0.324. The molecule has 0 radical (unpaired) electrons. The maximum Gasteiger partial charge on any atom is 0.137 e. The van der Waals surface area contributed by atoms with Crippen molar-refractivity contribution in [1.82, 2.24) is 15.1 Å². The molecule has 1 aliphatic heterocycles. The number of nitrogens with one attached hydrogen (secondary N) is 1. The molecule has 94 valence electrons. The van der Waals surface area contributed by atoms with Crippen LogP contribution < -0.4 is 5.32 Å². The van der Waals surface area contributed by atoms with E-state index in [9.17, 15) is 4.79 Å². The van der Waals surface area contributed by atoms with Gasteiger partial charge < -0.3 is 5.32 Å². The number of hydrogen-bond donors (Lipinski definition) is 1. The molecule has 2 rings (SSSR count). The van der Waals surface area contributed by atoms with Crippen LogP contribution in [0.5, 0.6) is 0 Å². The summed E-state index contributed by atoms with van der Waals surface area (Å²) in [5.41, 5.74) is 1.02. The van der Waals surface area contributed by atoms with Crippen LogP contribution in [0, 0.1) is 0 Å². The monoisotopic (exact) mass is 235 g/mol. The molecule has 0 bridgehead atoms. The first-order valence-electron chi connectivity index (χ1n) is 6.46. The first kappa shape index (κ1) is 12.3. The SMILES string of the molecule is Cn1cc(CC(=O)CCC2CCCCN2)cn1.